The van der Waals surface area contributed by atoms with E-state index in [1.54, 1.807) is 13.1 Å². The number of esters is 1. The maximum Gasteiger partial charge on any atom is 0.374 e. The lowest BCUT2D eigenvalue weighted by Gasteiger charge is -2.18. The van der Waals surface area contributed by atoms with Gasteiger partial charge in [-0.2, -0.15) is 0 Å². The third-order valence-electron chi connectivity index (χ3n) is 3.35. The predicted molar refractivity (Wildman–Crippen MR) is 86.2 cm³/mol. The van der Waals surface area contributed by atoms with Gasteiger partial charge in [0.2, 0.25) is 5.76 Å². The van der Waals surface area contributed by atoms with E-state index >= 15 is 0 Å². The third-order valence-corrected chi connectivity index (χ3v) is 3.35. The number of rotatable bonds is 6. The van der Waals surface area contributed by atoms with Crippen molar-refractivity contribution in [3.63, 3.8) is 0 Å². The van der Waals surface area contributed by atoms with Crippen molar-refractivity contribution in [1.29, 1.82) is 0 Å². The van der Waals surface area contributed by atoms with Crippen molar-refractivity contribution in [1.82, 2.24) is 4.90 Å². The van der Waals surface area contributed by atoms with E-state index < -0.39 is 5.97 Å². The number of hydrogen-bond acceptors (Lipinski definition) is 5. The van der Waals surface area contributed by atoms with Crippen molar-refractivity contribution in [2.45, 2.75) is 6.54 Å². The molecule has 0 unspecified atom stereocenters. The van der Waals surface area contributed by atoms with Crippen molar-refractivity contribution in [2.24, 2.45) is 0 Å². The molecular formula is C17H20N2O4. The normalized spacial score (nSPS) is 10.2. The van der Waals surface area contributed by atoms with Crippen LogP contribution in [0.4, 0.5) is 5.69 Å². The standard InChI is InChI=1S/C17H20N2O4/c1-18(2)14-8-6-13(7-9-14)11-19(3)16(20)12-23-17(21)15-5-4-10-22-15/h4-10H,11-12H2,1-3H3. The van der Waals surface area contributed by atoms with Gasteiger partial charge in [0.25, 0.3) is 5.91 Å². The molecule has 0 aliphatic heterocycles. The van der Waals surface area contributed by atoms with Gasteiger partial charge in [-0.05, 0) is 29.8 Å². The largest absolute Gasteiger partial charge is 0.457 e. The van der Waals surface area contributed by atoms with Crippen LogP contribution < -0.4 is 4.90 Å². The molecule has 122 valence electrons. The van der Waals surface area contributed by atoms with Crippen LogP contribution in [0.5, 0.6) is 0 Å². The van der Waals surface area contributed by atoms with E-state index in [4.69, 9.17) is 9.15 Å². The molecule has 2 rings (SSSR count). The minimum absolute atomic E-state index is 0.0831. The summed E-state index contributed by atoms with van der Waals surface area (Å²) in [4.78, 5) is 27.1. The maximum absolute atomic E-state index is 12.0. The number of carbonyl (C=O) groups excluding carboxylic acids is 2. The van der Waals surface area contributed by atoms with Crippen LogP contribution in [-0.2, 0) is 16.1 Å². The minimum atomic E-state index is -0.646. The Bertz CT molecular complexity index is 648. The molecule has 0 aliphatic carbocycles. The number of carbonyl (C=O) groups is 2. The fraction of sp³-hybridized carbons (Fsp3) is 0.294. The van der Waals surface area contributed by atoms with E-state index in [1.807, 2.05) is 43.3 Å². The number of amides is 1. The average molecular weight is 316 g/mol. The lowest BCUT2D eigenvalue weighted by molar-refractivity contribution is -0.133. The van der Waals surface area contributed by atoms with Crippen LogP contribution in [-0.4, -0.2) is 44.5 Å². The summed E-state index contributed by atoms with van der Waals surface area (Å²) in [6, 6.07) is 11.0. The Balaban J connectivity index is 1.83. The van der Waals surface area contributed by atoms with E-state index in [0.717, 1.165) is 11.3 Å². The molecule has 23 heavy (non-hydrogen) atoms. The number of nitrogens with zero attached hydrogens (tertiary/aromatic N) is 2. The molecule has 1 aromatic carbocycles. The predicted octanol–water partition coefficient (Wildman–Crippen LogP) is 2.16. The lowest BCUT2D eigenvalue weighted by Crippen LogP contribution is -2.30. The molecule has 2 aromatic rings. The highest BCUT2D eigenvalue weighted by Gasteiger charge is 2.15. The number of anilines is 1. The maximum atomic E-state index is 12.0. The van der Waals surface area contributed by atoms with E-state index in [-0.39, 0.29) is 18.3 Å². The molecule has 0 bridgehead atoms. The number of benzene rings is 1. The summed E-state index contributed by atoms with van der Waals surface area (Å²) in [5.74, 6) is -0.839. The summed E-state index contributed by atoms with van der Waals surface area (Å²) < 4.78 is 9.84. The molecule has 1 aromatic heterocycles. The van der Waals surface area contributed by atoms with E-state index in [9.17, 15) is 9.59 Å². The Morgan fingerprint density at radius 3 is 2.35 bits per heavy atom. The fourth-order valence-corrected chi connectivity index (χ4v) is 1.96. The van der Waals surface area contributed by atoms with Gasteiger partial charge < -0.3 is 19.0 Å². The Labute approximate surface area is 135 Å². The van der Waals surface area contributed by atoms with Gasteiger partial charge in [-0.25, -0.2) is 4.79 Å². The molecule has 0 saturated heterocycles. The molecule has 1 heterocycles. The first-order valence-corrected chi connectivity index (χ1v) is 7.18. The van der Waals surface area contributed by atoms with Crippen molar-refractivity contribution in [3.8, 4) is 0 Å². The Morgan fingerprint density at radius 2 is 1.78 bits per heavy atom. The van der Waals surface area contributed by atoms with Crippen LogP contribution in [0.15, 0.2) is 47.1 Å². The Morgan fingerprint density at radius 1 is 1.09 bits per heavy atom. The number of likely N-dealkylation sites (N-methyl/N-ethyl adjacent to an activating group) is 1. The summed E-state index contributed by atoms with van der Waals surface area (Å²) in [7, 11) is 5.61. The summed E-state index contributed by atoms with van der Waals surface area (Å²) >= 11 is 0. The zero-order chi connectivity index (χ0) is 16.8. The van der Waals surface area contributed by atoms with E-state index in [1.165, 1.54) is 17.2 Å². The summed E-state index contributed by atoms with van der Waals surface area (Å²) in [5.41, 5.74) is 2.10. The second-order valence-corrected chi connectivity index (χ2v) is 5.36. The molecule has 6 nitrogen and oxygen atoms in total. The van der Waals surface area contributed by atoms with Crippen LogP contribution in [0.1, 0.15) is 16.1 Å². The second kappa shape index (κ2) is 7.49. The minimum Gasteiger partial charge on any atom is -0.457 e. The van der Waals surface area contributed by atoms with E-state index in [0.29, 0.717) is 6.54 Å². The summed E-state index contributed by atoms with van der Waals surface area (Å²) in [6.07, 6.45) is 1.38. The molecule has 0 N–H and O–H groups in total. The number of furan rings is 1. The Hall–Kier alpha value is -2.76. The summed E-state index contributed by atoms with van der Waals surface area (Å²) in [5, 5.41) is 0. The molecule has 0 saturated carbocycles. The van der Waals surface area contributed by atoms with Crippen LogP contribution in [0, 0.1) is 0 Å². The monoisotopic (exact) mass is 316 g/mol. The first kappa shape index (κ1) is 16.6. The van der Waals surface area contributed by atoms with Gasteiger partial charge in [-0.1, -0.05) is 12.1 Å². The van der Waals surface area contributed by atoms with Gasteiger partial charge in [0, 0.05) is 33.4 Å². The first-order valence-electron chi connectivity index (χ1n) is 7.18. The van der Waals surface area contributed by atoms with Crippen molar-refractivity contribution < 1.29 is 18.7 Å². The molecular weight excluding hydrogens is 296 g/mol. The molecule has 0 radical (unpaired) electrons. The van der Waals surface area contributed by atoms with Crippen molar-refractivity contribution >= 4 is 17.6 Å². The topological polar surface area (TPSA) is 63.0 Å². The zero-order valence-corrected chi connectivity index (χ0v) is 13.5. The molecule has 6 heteroatoms. The molecule has 0 atom stereocenters. The van der Waals surface area contributed by atoms with Gasteiger partial charge in [0.15, 0.2) is 6.61 Å². The SMILES string of the molecule is CN(Cc1ccc(N(C)C)cc1)C(=O)COC(=O)c1ccco1. The van der Waals surface area contributed by atoms with Crippen molar-refractivity contribution in [3.05, 3.63) is 54.0 Å². The zero-order valence-electron chi connectivity index (χ0n) is 13.5. The number of ether oxygens (including phenoxy) is 1. The quantitative estimate of drug-likeness (QED) is 0.764. The van der Waals surface area contributed by atoms with Crippen LogP contribution in [0.3, 0.4) is 0 Å². The van der Waals surface area contributed by atoms with Crippen LogP contribution >= 0.6 is 0 Å². The smallest absolute Gasteiger partial charge is 0.374 e. The van der Waals surface area contributed by atoms with Gasteiger partial charge in [-0.15, -0.1) is 0 Å². The highest BCUT2D eigenvalue weighted by Crippen LogP contribution is 2.13. The highest BCUT2D eigenvalue weighted by molar-refractivity contribution is 5.88. The van der Waals surface area contributed by atoms with Gasteiger partial charge in [0.1, 0.15) is 0 Å². The number of hydrogen-bond donors (Lipinski definition) is 0. The van der Waals surface area contributed by atoms with Gasteiger partial charge >= 0.3 is 5.97 Å². The lowest BCUT2D eigenvalue weighted by atomic mass is 10.2. The molecule has 0 fully saturated rings. The first-order chi connectivity index (χ1) is 11.0. The second-order valence-electron chi connectivity index (χ2n) is 5.36. The van der Waals surface area contributed by atoms with Crippen LogP contribution in [0.2, 0.25) is 0 Å². The van der Waals surface area contributed by atoms with Crippen LogP contribution in [0.25, 0.3) is 0 Å². The summed E-state index contributed by atoms with van der Waals surface area (Å²) in [6.45, 7) is 0.136. The van der Waals surface area contributed by atoms with Crippen molar-refractivity contribution in [2.75, 3.05) is 32.6 Å². The van der Waals surface area contributed by atoms with E-state index in [2.05, 4.69) is 0 Å². The molecule has 0 aliphatic rings. The van der Waals surface area contributed by atoms with Gasteiger partial charge in [0.05, 0.1) is 6.26 Å². The highest BCUT2D eigenvalue weighted by atomic mass is 16.5. The molecule has 0 spiro atoms. The molecule has 1 amide bonds. The average Bonchev–Trinajstić information content (AvgIpc) is 3.07. The third kappa shape index (κ3) is 4.60. The fourth-order valence-electron chi connectivity index (χ4n) is 1.96. The van der Waals surface area contributed by atoms with Gasteiger partial charge in [-0.3, -0.25) is 4.79 Å². The Kier molecular flexibility index (Phi) is 5.41.